The second-order valence-corrected chi connectivity index (χ2v) is 13.7. The molecule has 1 atom stereocenters. The van der Waals surface area contributed by atoms with Gasteiger partial charge in [0.05, 0.1) is 46.3 Å². The number of imidazole rings is 1. The van der Waals surface area contributed by atoms with E-state index in [1.807, 2.05) is 48.2 Å². The minimum absolute atomic E-state index is 0.0000548. The predicted molar refractivity (Wildman–Crippen MR) is 177 cm³/mol. The summed E-state index contributed by atoms with van der Waals surface area (Å²) in [4.78, 5) is 51.3. The average molecular weight is 643 g/mol. The number of hydrogen-bond donors (Lipinski definition) is 1. The number of carbonyl (C=O) groups excluding carboxylic acids is 3. The highest BCUT2D eigenvalue weighted by Crippen LogP contribution is 2.55. The van der Waals surface area contributed by atoms with Crippen LogP contribution in [0.3, 0.4) is 0 Å². The number of anilines is 2. The molecule has 0 bridgehead atoms. The first kappa shape index (κ1) is 30.4. The molecule has 1 spiro atoms. The Hall–Kier alpha value is -4.26. The van der Waals surface area contributed by atoms with Crippen molar-refractivity contribution >= 4 is 51.7 Å². The van der Waals surface area contributed by atoms with E-state index in [1.165, 1.54) is 17.4 Å². The van der Waals surface area contributed by atoms with E-state index >= 15 is 0 Å². The highest BCUT2D eigenvalue weighted by atomic mass is 32.1. The maximum atomic E-state index is 13.5. The number of rotatable bonds is 8. The molecule has 5 heterocycles. The van der Waals surface area contributed by atoms with Crippen LogP contribution in [0.1, 0.15) is 41.9 Å². The lowest BCUT2D eigenvalue weighted by atomic mass is 9.65. The fraction of sp³-hybridized carbons (Fsp3) is 0.412. The molecule has 1 N–H and O–H groups in total. The van der Waals surface area contributed by atoms with E-state index in [2.05, 4.69) is 21.4 Å². The zero-order valence-corrected chi connectivity index (χ0v) is 26.9. The van der Waals surface area contributed by atoms with Gasteiger partial charge in [0.2, 0.25) is 17.8 Å². The molecule has 11 nitrogen and oxygen atoms in total. The van der Waals surface area contributed by atoms with Crippen LogP contribution in [0, 0.1) is 5.41 Å². The van der Waals surface area contributed by atoms with Crippen LogP contribution in [0.25, 0.3) is 21.7 Å². The average Bonchev–Trinajstić information content (AvgIpc) is 3.88. The summed E-state index contributed by atoms with van der Waals surface area (Å²) in [6.07, 6.45) is 5.69. The second kappa shape index (κ2) is 12.2. The number of thiophene rings is 1. The van der Waals surface area contributed by atoms with Gasteiger partial charge < -0.3 is 23.5 Å². The van der Waals surface area contributed by atoms with E-state index in [9.17, 15) is 14.4 Å². The van der Waals surface area contributed by atoms with E-state index in [4.69, 9.17) is 14.1 Å². The number of carbonyl (C=O) groups is 3. The number of furan rings is 1. The van der Waals surface area contributed by atoms with Gasteiger partial charge in [0.25, 0.3) is 5.91 Å². The quantitative estimate of drug-likeness (QED) is 0.268. The van der Waals surface area contributed by atoms with E-state index in [0.717, 1.165) is 55.0 Å². The standard InChI is InChI=1S/C34H38N6O5S/c1-4-30(41)39-12-11-34(21-39)19-24(20-34)40-26-8-7-23(37(3)32(43)22(2)38-13-16-44-17-14-38)18-25(26)35-33(40)36-31(42)29-10-9-28(46-29)27-6-5-15-45-27/h4-10,15,18,22,24H,1,11-14,16-17,19-21H2,2-3H3,(H,35,36,42)/t22-,24?,34?/m0/s1. The summed E-state index contributed by atoms with van der Waals surface area (Å²) in [5.74, 6) is 0.910. The summed E-state index contributed by atoms with van der Waals surface area (Å²) < 4.78 is 13.1. The predicted octanol–water partition coefficient (Wildman–Crippen LogP) is 5.03. The Bertz CT molecular complexity index is 1780. The molecule has 3 amide bonds. The Labute approximate surface area is 271 Å². The lowest BCUT2D eigenvalue weighted by molar-refractivity contribution is -0.126. The van der Waals surface area contributed by atoms with Gasteiger partial charge in [-0.3, -0.25) is 24.6 Å². The maximum Gasteiger partial charge on any atom is 0.268 e. The molecule has 0 unspecified atom stereocenters. The monoisotopic (exact) mass is 642 g/mol. The number of nitrogens with one attached hydrogen (secondary N) is 1. The fourth-order valence-corrected chi connectivity index (χ4v) is 8.03. The lowest BCUT2D eigenvalue weighted by Crippen LogP contribution is -2.50. The number of likely N-dealkylation sites (tertiary alicyclic amines) is 1. The third-order valence-electron chi connectivity index (χ3n) is 9.79. The Kier molecular flexibility index (Phi) is 8.04. The number of benzene rings is 1. The molecule has 1 saturated carbocycles. The van der Waals surface area contributed by atoms with E-state index in [1.54, 1.807) is 24.3 Å². The van der Waals surface area contributed by atoms with Crippen molar-refractivity contribution in [1.29, 1.82) is 0 Å². The van der Waals surface area contributed by atoms with Crippen LogP contribution in [0.5, 0.6) is 0 Å². The third-order valence-corrected chi connectivity index (χ3v) is 10.9. The summed E-state index contributed by atoms with van der Waals surface area (Å²) in [5.41, 5.74) is 2.38. The highest BCUT2D eigenvalue weighted by Gasteiger charge is 2.50. The van der Waals surface area contributed by atoms with Gasteiger partial charge in [-0.15, -0.1) is 11.3 Å². The Morgan fingerprint density at radius 1 is 1.15 bits per heavy atom. The minimum Gasteiger partial charge on any atom is -0.464 e. The van der Waals surface area contributed by atoms with E-state index < -0.39 is 0 Å². The normalized spacial score (nSPS) is 22.1. The Morgan fingerprint density at radius 3 is 2.70 bits per heavy atom. The number of nitrogens with zero attached hydrogens (tertiary/aromatic N) is 5. The molecule has 3 aliphatic rings. The fourth-order valence-electron chi connectivity index (χ4n) is 7.16. The topological polar surface area (TPSA) is 113 Å². The van der Waals surface area contributed by atoms with Crippen molar-refractivity contribution in [2.75, 3.05) is 56.7 Å². The molecule has 1 aliphatic carbocycles. The van der Waals surface area contributed by atoms with Gasteiger partial charge in [0.15, 0.2) is 0 Å². The smallest absolute Gasteiger partial charge is 0.268 e. The second-order valence-electron chi connectivity index (χ2n) is 12.6. The van der Waals surface area contributed by atoms with Crippen LogP contribution in [0.15, 0.2) is 65.8 Å². The zero-order valence-electron chi connectivity index (χ0n) is 26.1. The molecule has 2 aliphatic heterocycles. The molecule has 3 fully saturated rings. The Balaban J connectivity index is 1.16. The third kappa shape index (κ3) is 5.54. The molecular weight excluding hydrogens is 604 g/mol. The molecule has 1 aromatic carbocycles. The number of hydrogen-bond acceptors (Lipinski definition) is 8. The van der Waals surface area contributed by atoms with Gasteiger partial charge in [-0.1, -0.05) is 6.58 Å². The highest BCUT2D eigenvalue weighted by molar-refractivity contribution is 7.17. The van der Waals surface area contributed by atoms with Crippen molar-refractivity contribution in [3.8, 4) is 10.6 Å². The van der Waals surface area contributed by atoms with Gasteiger partial charge in [-0.25, -0.2) is 4.98 Å². The summed E-state index contributed by atoms with van der Waals surface area (Å²) in [7, 11) is 1.79. The number of morpholine rings is 1. The van der Waals surface area contributed by atoms with Crippen LogP contribution in [0.4, 0.5) is 11.6 Å². The first-order chi connectivity index (χ1) is 22.2. The van der Waals surface area contributed by atoms with Crippen molar-refractivity contribution in [3.05, 3.63) is 66.3 Å². The van der Waals surface area contributed by atoms with E-state index in [-0.39, 0.29) is 35.2 Å². The molecule has 240 valence electrons. The number of aromatic nitrogens is 2. The first-order valence-electron chi connectivity index (χ1n) is 15.7. The Morgan fingerprint density at radius 2 is 1.96 bits per heavy atom. The number of ether oxygens (including phenoxy) is 1. The summed E-state index contributed by atoms with van der Waals surface area (Å²) >= 11 is 1.36. The molecular formula is C34H38N6O5S. The number of fused-ring (bicyclic) bond motifs is 1. The summed E-state index contributed by atoms with van der Waals surface area (Å²) in [6.45, 7) is 9.73. The van der Waals surface area contributed by atoms with Gasteiger partial charge in [0, 0.05) is 45.0 Å². The van der Waals surface area contributed by atoms with Crippen LogP contribution in [0.2, 0.25) is 0 Å². The van der Waals surface area contributed by atoms with Crippen molar-refractivity contribution in [2.24, 2.45) is 5.41 Å². The van der Waals surface area contributed by atoms with Crippen molar-refractivity contribution in [2.45, 2.75) is 38.3 Å². The molecule has 46 heavy (non-hydrogen) atoms. The molecule has 4 aromatic rings. The zero-order chi connectivity index (χ0) is 32.0. The minimum atomic E-state index is -0.279. The number of amides is 3. The van der Waals surface area contributed by atoms with Gasteiger partial charge in [-0.2, -0.15) is 0 Å². The van der Waals surface area contributed by atoms with E-state index in [0.29, 0.717) is 41.9 Å². The molecule has 0 radical (unpaired) electrons. The molecule has 2 saturated heterocycles. The largest absolute Gasteiger partial charge is 0.464 e. The molecule has 3 aromatic heterocycles. The van der Waals surface area contributed by atoms with Crippen LogP contribution >= 0.6 is 11.3 Å². The SMILES string of the molecule is C=CC(=O)N1CCC2(CC(n3c(NC(=O)c4ccc(-c5ccco5)s4)nc4cc(N(C)C(=O)[C@H](C)N5CCOCC5)ccc43)C2)C1. The molecule has 7 rings (SSSR count). The van der Waals surface area contributed by atoms with Gasteiger partial charge in [-0.05, 0) is 80.1 Å². The van der Waals surface area contributed by atoms with Crippen molar-refractivity contribution in [1.82, 2.24) is 19.4 Å². The van der Waals surface area contributed by atoms with Crippen molar-refractivity contribution < 1.29 is 23.5 Å². The van der Waals surface area contributed by atoms with Crippen molar-refractivity contribution in [3.63, 3.8) is 0 Å². The maximum absolute atomic E-state index is 13.5. The lowest BCUT2D eigenvalue weighted by Gasteiger charge is -2.46. The first-order valence-corrected chi connectivity index (χ1v) is 16.5. The molecule has 12 heteroatoms. The van der Waals surface area contributed by atoms with Crippen LogP contribution in [-0.2, 0) is 14.3 Å². The summed E-state index contributed by atoms with van der Waals surface area (Å²) in [6, 6.07) is 13.0. The summed E-state index contributed by atoms with van der Waals surface area (Å²) in [5, 5.41) is 3.09. The van der Waals surface area contributed by atoms with Gasteiger partial charge in [0.1, 0.15) is 5.76 Å². The van der Waals surface area contributed by atoms with Crippen LogP contribution in [-0.4, -0.2) is 89.6 Å². The number of likely N-dealkylation sites (N-methyl/N-ethyl adjacent to an activating group) is 1. The van der Waals surface area contributed by atoms with Crippen LogP contribution < -0.4 is 10.2 Å². The van der Waals surface area contributed by atoms with Gasteiger partial charge >= 0.3 is 0 Å².